The lowest BCUT2D eigenvalue weighted by atomic mass is 10.1. The Balaban J connectivity index is 2.53. The number of methoxy groups -OCH3 is 2. The van der Waals surface area contributed by atoms with Gasteiger partial charge in [-0.3, -0.25) is 9.59 Å². The fourth-order valence-electron chi connectivity index (χ4n) is 1.78. The first kappa shape index (κ1) is 16.8. The van der Waals surface area contributed by atoms with Crippen molar-refractivity contribution in [2.45, 2.75) is 19.8 Å². The summed E-state index contributed by atoms with van der Waals surface area (Å²) >= 11 is 0. The zero-order chi connectivity index (χ0) is 15.8. The Morgan fingerprint density at radius 2 is 2.00 bits per heavy atom. The summed E-state index contributed by atoms with van der Waals surface area (Å²) in [5, 5.41) is 11.5. The van der Waals surface area contributed by atoms with E-state index in [4.69, 9.17) is 14.6 Å². The van der Waals surface area contributed by atoms with Crippen LogP contribution >= 0.6 is 0 Å². The average Bonchev–Trinajstić information content (AvgIpc) is 2.47. The van der Waals surface area contributed by atoms with Crippen LogP contribution in [-0.2, 0) is 16.0 Å². The molecule has 0 aliphatic carbocycles. The number of benzene rings is 1. The molecule has 6 nitrogen and oxygen atoms in total. The third-order valence-electron chi connectivity index (χ3n) is 3.17. The predicted molar refractivity (Wildman–Crippen MR) is 77.7 cm³/mol. The quantitative estimate of drug-likeness (QED) is 0.758. The topological polar surface area (TPSA) is 84.9 Å². The minimum absolute atomic E-state index is 0.170. The van der Waals surface area contributed by atoms with Gasteiger partial charge in [0.2, 0.25) is 5.91 Å². The molecule has 21 heavy (non-hydrogen) atoms. The highest BCUT2D eigenvalue weighted by Gasteiger charge is 2.12. The van der Waals surface area contributed by atoms with Crippen LogP contribution in [0.1, 0.15) is 18.9 Å². The summed E-state index contributed by atoms with van der Waals surface area (Å²) < 4.78 is 10.3. The van der Waals surface area contributed by atoms with Gasteiger partial charge in [0, 0.05) is 18.2 Å². The third kappa shape index (κ3) is 5.33. The summed E-state index contributed by atoms with van der Waals surface area (Å²) in [6, 6.07) is 5.25. The molecule has 0 bridgehead atoms. The number of amides is 1. The Morgan fingerprint density at radius 1 is 1.29 bits per heavy atom. The van der Waals surface area contributed by atoms with Crippen molar-refractivity contribution in [2.24, 2.45) is 5.92 Å². The number of hydrogen-bond acceptors (Lipinski definition) is 4. The van der Waals surface area contributed by atoms with Gasteiger partial charge in [-0.05, 0) is 12.5 Å². The Hall–Kier alpha value is -2.24. The molecule has 0 aliphatic rings. The monoisotopic (exact) mass is 295 g/mol. The first-order valence-corrected chi connectivity index (χ1v) is 6.68. The van der Waals surface area contributed by atoms with Crippen LogP contribution in [0, 0.1) is 5.92 Å². The largest absolute Gasteiger partial charge is 0.497 e. The minimum Gasteiger partial charge on any atom is -0.497 e. The second kappa shape index (κ2) is 8.14. The van der Waals surface area contributed by atoms with E-state index in [9.17, 15) is 9.59 Å². The first-order valence-electron chi connectivity index (χ1n) is 6.68. The van der Waals surface area contributed by atoms with E-state index in [1.54, 1.807) is 32.2 Å². The summed E-state index contributed by atoms with van der Waals surface area (Å²) in [5.41, 5.74) is 0.752. The number of hydrogen-bond donors (Lipinski definition) is 2. The number of nitrogens with one attached hydrogen (secondary N) is 1. The zero-order valence-corrected chi connectivity index (χ0v) is 12.5. The molecule has 1 aromatic rings. The van der Waals surface area contributed by atoms with Crippen LogP contribution in [0.4, 0.5) is 0 Å². The lowest BCUT2D eigenvalue weighted by Gasteiger charge is -2.11. The summed E-state index contributed by atoms with van der Waals surface area (Å²) in [6.07, 6.45) is 0.579. The van der Waals surface area contributed by atoms with Crippen LogP contribution in [0.25, 0.3) is 0 Å². The maximum atomic E-state index is 11.8. The predicted octanol–water partition coefficient (Wildman–Crippen LogP) is 1.47. The molecule has 0 aliphatic heterocycles. The van der Waals surface area contributed by atoms with Gasteiger partial charge in [0.1, 0.15) is 11.5 Å². The molecule has 1 atom stereocenters. The number of rotatable bonds is 8. The van der Waals surface area contributed by atoms with E-state index in [0.29, 0.717) is 24.5 Å². The molecule has 116 valence electrons. The Labute approximate surface area is 124 Å². The molecule has 0 aromatic heterocycles. The van der Waals surface area contributed by atoms with Crippen LogP contribution in [0.2, 0.25) is 0 Å². The summed E-state index contributed by atoms with van der Waals surface area (Å²) in [6.45, 7) is 1.95. The zero-order valence-electron chi connectivity index (χ0n) is 12.5. The SMILES string of the molecule is COc1ccc(CC(=O)NCCC(C)C(=O)O)c(OC)c1. The Bertz CT molecular complexity index is 501. The van der Waals surface area contributed by atoms with E-state index in [1.165, 1.54) is 7.11 Å². The molecule has 2 N–H and O–H groups in total. The van der Waals surface area contributed by atoms with E-state index in [2.05, 4.69) is 5.32 Å². The highest BCUT2D eigenvalue weighted by Crippen LogP contribution is 2.24. The molecular weight excluding hydrogens is 274 g/mol. The summed E-state index contributed by atoms with van der Waals surface area (Å²) in [5.74, 6) is -0.257. The van der Waals surface area contributed by atoms with E-state index < -0.39 is 11.9 Å². The van der Waals surface area contributed by atoms with Gasteiger partial charge in [-0.15, -0.1) is 0 Å². The fraction of sp³-hybridized carbons (Fsp3) is 0.467. The highest BCUT2D eigenvalue weighted by atomic mass is 16.5. The van der Waals surface area contributed by atoms with Crippen molar-refractivity contribution in [1.82, 2.24) is 5.32 Å². The Morgan fingerprint density at radius 3 is 2.57 bits per heavy atom. The van der Waals surface area contributed by atoms with Gasteiger partial charge in [-0.2, -0.15) is 0 Å². The number of ether oxygens (including phenoxy) is 2. The molecule has 0 spiro atoms. The molecule has 1 amide bonds. The van der Waals surface area contributed by atoms with Gasteiger partial charge in [-0.1, -0.05) is 13.0 Å². The van der Waals surface area contributed by atoms with Crippen LogP contribution in [0.5, 0.6) is 11.5 Å². The van der Waals surface area contributed by atoms with Gasteiger partial charge < -0.3 is 19.9 Å². The van der Waals surface area contributed by atoms with Crippen molar-refractivity contribution in [3.8, 4) is 11.5 Å². The Kier molecular flexibility index (Phi) is 6.52. The molecule has 0 radical (unpaired) electrons. The second-order valence-electron chi connectivity index (χ2n) is 4.73. The minimum atomic E-state index is -0.860. The lowest BCUT2D eigenvalue weighted by Crippen LogP contribution is -2.28. The van der Waals surface area contributed by atoms with Crippen molar-refractivity contribution < 1.29 is 24.2 Å². The number of carbonyl (C=O) groups is 2. The normalized spacial score (nSPS) is 11.6. The van der Waals surface area contributed by atoms with Crippen molar-refractivity contribution in [2.75, 3.05) is 20.8 Å². The molecule has 0 saturated carbocycles. The average molecular weight is 295 g/mol. The first-order chi connectivity index (χ1) is 9.97. The maximum absolute atomic E-state index is 11.8. The van der Waals surface area contributed by atoms with E-state index in [0.717, 1.165) is 5.56 Å². The molecule has 6 heteroatoms. The number of carboxylic acid groups (broad SMARTS) is 1. The van der Waals surface area contributed by atoms with Gasteiger partial charge in [-0.25, -0.2) is 0 Å². The van der Waals surface area contributed by atoms with Crippen molar-refractivity contribution >= 4 is 11.9 Å². The van der Waals surface area contributed by atoms with E-state index in [-0.39, 0.29) is 12.3 Å². The van der Waals surface area contributed by atoms with Crippen molar-refractivity contribution in [1.29, 1.82) is 0 Å². The molecule has 0 fully saturated rings. The van der Waals surface area contributed by atoms with Crippen molar-refractivity contribution in [3.05, 3.63) is 23.8 Å². The third-order valence-corrected chi connectivity index (χ3v) is 3.17. The van der Waals surface area contributed by atoms with E-state index >= 15 is 0 Å². The second-order valence-corrected chi connectivity index (χ2v) is 4.73. The molecule has 1 aromatic carbocycles. The van der Waals surface area contributed by atoms with Crippen molar-refractivity contribution in [3.63, 3.8) is 0 Å². The molecule has 1 unspecified atom stereocenters. The number of aliphatic carboxylic acids is 1. The molecule has 0 saturated heterocycles. The van der Waals surface area contributed by atoms with E-state index in [1.807, 2.05) is 0 Å². The van der Waals surface area contributed by atoms with Crippen LogP contribution in [0.15, 0.2) is 18.2 Å². The highest BCUT2D eigenvalue weighted by molar-refractivity contribution is 5.79. The maximum Gasteiger partial charge on any atom is 0.306 e. The smallest absolute Gasteiger partial charge is 0.306 e. The molecule has 0 heterocycles. The molecular formula is C15H21NO5. The van der Waals surface area contributed by atoms with Gasteiger partial charge >= 0.3 is 5.97 Å². The van der Waals surface area contributed by atoms with Crippen LogP contribution < -0.4 is 14.8 Å². The van der Waals surface area contributed by atoms with Crippen LogP contribution in [0.3, 0.4) is 0 Å². The van der Waals surface area contributed by atoms with Crippen LogP contribution in [-0.4, -0.2) is 37.7 Å². The lowest BCUT2D eigenvalue weighted by molar-refractivity contribution is -0.141. The number of carbonyl (C=O) groups excluding carboxylic acids is 1. The van der Waals surface area contributed by atoms with Gasteiger partial charge in [0.15, 0.2) is 0 Å². The standard InChI is InChI=1S/C15H21NO5/c1-10(15(18)19)6-7-16-14(17)8-11-4-5-12(20-2)9-13(11)21-3/h4-5,9-10H,6-8H2,1-3H3,(H,16,17)(H,18,19). The van der Waals surface area contributed by atoms with Gasteiger partial charge in [0.25, 0.3) is 0 Å². The van der Waals surface area contributed by atoms with Gasteiger partial charge in [0.05, 0.1) is 26.6 Å². The summed E-state index contributed by atoms with van der Waals surface area (Å²) in [7, 11) is 3.09. The fourth-order valence-corrected chi connectivity index (χ4v) is 1.78. The molecule has 1 rings (SSSR count). The summed E-state index contributed by atoms with van der Waals surface area (Å²) in [4.78, 5) is 22.5. The number of carboxylic acids is 1.